The van der Waals surface area contributed by atoms with Gasteiger partial charge in [0.2, 0.25) is 0 Å². The van der Waals surface area contributed by atoms with Gasteiger partial charge in [0.05, 0.1) is 15.5 Å². The van der Waals surface area contributed by atoms with Crippen LogP contribution in [0.5, 0.6) is 0 Å². The van der Waals surface area contributed by atoms with Crippen molar-refractivity contribution < 1.29 is 4.21 Å². The number of nitrogens with zero attached hydrogens (tertiary/aromatic N) is 1. The second-order valence-corrected chi connectivity index (χ2v) is 7.51. The fourth-order valence-corrected chi connectivity index (χ4v) is 4.90. The fourth-order valence-electron chi connectivity index (χ4n) is 2.73. The largest absolute Gasteiger partial charge is 0.239 e. The van der Waals surface area contributed by atoms with E-state index in [2.05, 4.69) is 4.36 Å². The van der Waals surface area contributed by atoms with E-state index in [1.54, 1.807) is 0 Å². The first-order valence-corrected chi connectivity index (χ1v) is 8.97. The second kappa shape index (κ2) is 5.52. The lowest BCUT2D eigenvalue weighted by atomic mass is 10.1. The zero-order valence-electron chi connectivity index (χ0n) is 12.4. The Balaban J connectivity index is 2.05. The van der Waals surface area contributed by atoms with E-state index in [-0.39, 0.29) is 0 Å². The van der Waals surface area contributed by atoms with Crippen LogP contribution in [0.15, 0.2) is 94.2 Å². The third-order valence-corrected chi connectivity index (χ3v) is 6.18. The molecule has 1 aliphatic heterocycles. The molecule has 2 nitrogen and oxygen atoms in total. The lowest BCUT2D eigenvalue weighted by Crippen LogP contribution is -2.06. The van der Waals surface area contributed by atoms with Crippen LogP contribution in [0.3, 0.4) is 0 Å². The smallest absolute Gasteiger partial charge is 0.109 e. The number of benzene rings is 3. The molecule has 23 heavy (non-hydrogen) atoms. The highest BCUT2D eigenvalue weighted by molar-refractivity contribution is 8.03. The third-order valence-electron chi connectivity index (χ3n) is 3.87. The summed E-state index contributed by atoms with van der Waals surface area (Å²) in [5, 5.41) is 0. The molecule has 0 amide bonds. The van der Waals surface area contributed by atoms with Gasteiger partial charge in [0.15, 0.2) is 0 Å². The minimum atomic E-state index is -2.69. The Hall–Kier alpha value is -2.65. The summed E-state index contributed by atoms with van der Waals surface area (Å²) in [5.74, 6) is 0. The van der Waals surface area contributed by atoms with E-state index in [0.29, 0.717) is 0 Å². The fraction of sp³-hybridized carbons (Fsp3) is 0. The molecule has 0 N–H and O–H groups in total. The molecule has 1 atom stereocenters. The lowest BCUT2D eigenvalue weighted by molar-refractivity contribution is 0.683. The molecule has 0 aromatic heterocycles. The maximum atomic E-state index is 13.9. The minimum absolute atomic E-state index is 0.740. The van der Waals surface area contributed by atoms with Gasteiger partial charge < -0.3 is 0 Å². The molecule has 112 valence electrons. The topological polar surface area (TPSA) is 29.4 Å². The van der Waals surface area contributed by atoms with E-state index in [1.807, 2.05) is 91.0 Å². The Morgan fingerprint density at radius 1 is 0.696 bits per heavy atom. The summed E-state index contributed by atoms with van der Waals surface area (Å²) in [6.45, 7) is 0. The van der Waals surface area contributed by atoms with Crippen LogP contribution in [0.2, 0.25) is 0 Å². The second-order valence-electron chi connectivity index (χ2n) is 5.36. The molecule has 0 spiro atoms. The van der Waals surface area contributed by atoms with Crippen LogP contribution in [0.25, 0.3) is 11.0 Å². The molecule has 0 fully saturated rings. The molecule has 0 radical (unpaired) electrons. The highest BCUT2D eigenvalue weighted by Gasteiger charge is 2.24. The molecule has 1 unspecified atom stereocenters. The normalized spacial score (nSPS) is 19.4. The molecule has 3 heteroatoms. The van der Waals surface area contributed by atoms with Crippen molar-refractivity contribution in [2.75, 3.05) is 0 Å². The maximum Gasteiger partial charge on any atom is 0.109 e. The van der Waals surface area contributed by atoms with E-state index < -0.39 is 9.73 Å². The van der Waals surface area contributed by atoms with Gasteiger partial charge in [-0.25, -0.2) is 4.21 Å². The molecule has 0 aliphatic carbocycles. The van der Waals surface area contributed by atoms with Crippen LogP contribution in [-0.2, 0) is 9.73 Å². The Morgan fingerprint density at radius 3 is 2.04 bits per heavy atom. The molecule has 4 rings (SSSR count). The first-order valence-electron chi connectivity index (χ1n) is 7.46. The van der Waals surface area contributed by atoms with Crippen molar-refractivity contribution in [1.29, 1.82) is 0 Å². The highest BCUT2D eigenvalue weighted by atomic mass is 32.2. The Morgan fingerprint density at radius 2 is 1.30 bits per heavy atom. The first kappa shape index (κ1) is 14.0. The molecule has 0 saturated carbocycles. The molecule has 3 aromatic rings. The Bertz CT molecular complexity index is 998. The van der Waals surface area contributed by atoms with E-state index in [4.69, 9.17) is 0 Å². The summed E-state index contributed by atoms with van der Waals surface area (Å²) in [5.41, 5.74) is 2.72. The predicted octanol–water partition coefficient (Wildman–Crippen LogP) is 5.36. The molecule has 3 aromatic carbocycles. The van der Waals surface area contributed by atoms with Crippen LogP contribution < -0.4 is 0 Å². The van der Waals surface area contributed by atoms with Crippen LogP contribution in [0.1, 0.15) is 11.1 Å². The summed E-state index contributed by atoms with van der Waals surface area (Å²) in [6.07, 6.45) is 2.01. The summed E-state index contributed by atoms with van der Waals surface area (Å²) >= 11 is 0. The number of rotatable bonds is 2. The number of hydrogen-bond acceptors (Lipinski definition) is 2. The monoisotopic (exact) mass is 317 g/mol. The number of hydrogen-bond donors (Lipinski definition) is 0. The van der Waals surface area contributed by atoms with Crippen LogP contribution in [0, 0.1) is 0 Å². The van der Waals surface area contributed by atoms with Gasteiger partial charge in [0.25, 0.3) is 0 Å². The minimum Gasteiger partial charge on any atom is -0.239 e. The summed E-state index contributed by atoms with van der Waals surface area (Å²) < 4.78 is 18.5. The third kappa shape index (κ3) is 2.39. The van der Waals surface area contributed by atoms with Gasteiger partial charge in [-0.2, -0.15) is 4.36 Å². The lowest BCUT2D eigenvalue weighted by Gasteiger charge is -2.20. The molecular weight excluding hydrogens is 302 g/mol. The van der Waals surface area contributed by atoms with Crippen molar-refractivity contribution in [3.63, 3.8) is 0 Å². The van der Waals surface area contributed by atoms with Gasteiger partial charge in [0.1, 0.15) is 9.73 Å². The van der Waals surface area contributed by atoms with Crippen molar-refractivity contribution >= 4 is 26.4 Å². The summed E-state index contributed by atoms with van der Waals surface area (Å²) in [6, 6.07) is 27.2. The standard InChI is InChI=1S/C20H15NOS/c22-23(18-12-5-2-6-13-18)20(16-9-3-1-4-10-16)15-17-11-7-8-14-19(17)21-23/h1-15H. The average Bonchev–Trinajstić information content (AvgIpc) is 2.62. The number of fused-ring (bicyclic) bond motifs is 1. The highest BCUT2D eigenvalue weighted by Crippen LogP contribution is 2.40. The quantitative estimate of drug-likeness (QED) is 0.626. The van der Waals surface area contributed by atoms with Crippen LogP contribution >= 0.6 is 0 Å². The van der Waals surface area contributed by atoms with Crippen molar-refractivity contribution in [1.82, 2.24) is 0 Å². The van der Waals surface area contributed by atoms with E-state index in [1.165, 1.54) is 0 Å². The molecule has 0 saturated heterocycles. The van der Waals surface area contributed by atoms with Crippen LogP contribution in [-0.4, -0.2) is 4.21 Å². The zero-order chi connectivity index (χ0) is 15.7. The molecule has 0 bridgehead atoms. The van der Waals surface area contributed by atoms with E-state index in [9.17, 15) is 4.21 Å². The van der Waals surface area contributed by atoms with Gasteiger partial charge in [-0.15, -0.1) is 0 Å². The molecule has 1 heterocycles. The molecule has 1 aliphatic rings. The Kier molecular flexibility index (Phi) is 3.36. The molecular formula is C20H15NOS. The summed E-state index contributed by atoms with van der Waals surface area (Å²) in [7, 11) is -2.69. The van der Waals surface area contributed by atoms with Gasteiger partial charge in [-0.1, -0.05) is 66.7 Å². The zero-order valence-corrected chi connectivity index (χ0v) is 13.2. The van der Waals surface area contributed by atoms with Crippen molar-refractivity contribution in [3.8, 4) is 0 Å². The van der Waals surface area contributed by atoms with Crippen molar-refractivity contribution in [2.24, 2.45) is 4.36 Å². The van der Waals surface area contributed by atoms with Crippen LogP contribution in [0.4, 0.5) is 5.69 Å². The predicted molar refractivity (Wildman–Crippen MR) is 95.7 cm³/mol. The van der Waals surface area contributed by atoms with E-state index >= 15 is 0 Å². The Labute approximate surface area is 136 Å². The van der Waals surface area contributed by atoms with Gasteiger partial charge >= 0.3 is 0 Å². The van der Waals surface area contributed by atoms with Gasteiger partial charge in [-0.3, -0.25) is 0 Å². The van der Waals surface area contributed by atoms with E-state index in [0.717, 1.165) is 26.6 Å². The summed E-state index contributed by atoms with van der Waals surface area (Å²) in [4.78, 5) is 1.51. The SMILES string of the molecule is O=S1(c2ccccc2)=Nc2ccccc2C=C1c1ccccc1. The average molecular weight is 317 g/mol. The maximum absolute atomic E-state index is 13.9. The first-order chi connectivity index (χ1) is 11.3. The van der Waals surface area contributed by atoms with Gasteiger partial charge in [-0.05, 0) is 29.8 Å². The van der Waals surface area contributed by atoms with Crippen molar-refractivity contribution in [2.45, 2.75) is 4.90 Å². The van der Waals surface area contributed by atoms with Crippen molar-refractivity contribution in [3.05, 3.63) is 96.1 Å². The van der Waals surface area contributed by atoms with Gasteiger partial charge in [0, 0.05) is 5.56 Å².